The number of aliphatic hydroxyl groups is 2. The Morgan fingerprint density at radius 2 is 1.89 bits per heavy atom. The zero-order valence-corrected chi connectivity index (χ0v) is 11.7. The molecule has 0 saturated heterocycles. The SMILES string of the molecule is CN(C)S(=O)(=O)c1cccc(NC(CO)CO)c1N. The second-order valence-electron chi connectivity index (χ2n) is 4.21. The Morgan fingerprint density at radius 1 is 1.32 bits per heavy atom. The Bertz CT molecular complexity index is 527. The van der Waals surface area contributed by atoms with E-state index in [9.17, 15) is 8.42 Å². The van der Waals surface area contributed by atoms with Crippen LogP contribution < -0.4 is 11.1 Å². The molecule has 0 aliphatic rings. The first-order valence-corrected chi connectivity index (χ1v) is 7.07. The summed E-state index contributed by atoms with van der Waals surface area (Å²) < 4.78 is 25.2. The molecule has 5 N–H and O–H groups in total. The molecule has 0 radical (unpaired) electrons. The molecule has 0 heterocycles. The van der Waals surface area contributed by atoms with Gasteiger partial charge in [0.15, 0.2) is 0 Å². The zero-order chi connectivity index (χ0) is 14.6. The van der Waals surface area contributed by atoms with Crippen molar-refractivity contribution in [3.05, 3.63) is 18.2 Å². The number of hydrogen-bond acceptors (Lipinski definition) is 6. The molecule has 8 heteroatoms. The van der Waals surface area contributed by atoms with Crippen molar-refractivity contribution in [1.82, 2.24) is 4.31 Å². The molecular formula is C11H19N3O4S. The van der Waals surface area contributed by atoms with Crippen molar-refractivity contribution in [3.63, 3.8) is 0 Å². The molecular weight excluding hydrogens is 270 g/mol. The largest absolute Gasteiger partial charge is 0.396 e. The topological polar surface area (TPSA) is 116 Å². The summed E-state index contributed by atoms with van der Waals surface area (Å²) >= 11 is 0. The second-order valence-corrected chi connectivity index (χ2v) is 6.33. The number of sulfonamides is 1. The first-order chi connectivity index (χ1) is 8.84. The Hall–Kier alpha value is -1.35. The molecule has 1 rings (SSSR count). The summed E-state index contributed by atoms with van der Waals surface area (Å²) in [6.45, 7) is -0.582. The first-order valence-electron chi connectivity index (χ1n) is 5.63. The average Bonchev–Trinajstić information content (AvgIpc) is 2.37. The van der Waals surface area contributed by atoms with Gasteiger partial charge in [0.2, 0.25) is 10.0 Å². The van der Waals surface area contributed by atoms with Crippen molar-refractivity contribution in [2.24, 2.45) is 0 Å². The average molecular weight is 289 g/mol. The number of aliphatic hydroxyl groups excluding tert-OH is 2. The van der Waals surface area contributed by atoms with Gasteiger partial charge in [-0.15, -0.1) is 0 Å². The number of hydrogen-bond donors (Lipinski definition) is 4. The maximum absolute atomic E-state index is 12.0. The van der Waals surface area contributed by atoms with Crippen molar-refractivity contribution in [1.29, 1.82) is 0 Å². The molecule has 0 aliphatic carbocycles. The highest BCUT2D eigenvalue weighted by atomic mass is 32.2. The highest BCUT2D eigenvalue weighted by Crippen LogP contribution is 2.28. The predicted octanol–water partition coefficient (Wildman–Crippen LogP) is -0.716. The first kappa shape index (κ1) is 15.7. The van der Waals surface area contributed by atoms with Gasteiger partial charge in [0, 0.05) is 14.1 Å². The van der Waals surface area contributed by atoms with Crippen molar-refractivity contribution < 1.29 is 18.6 Å². The summed E-state index contributed by atoms with van der Waals surface area (Å²) in [7, 11) is -0.804. The molecule has 108 valence electrons. The van der Waals surface area contributed by atoms with Crippen LogP contribution in [0.4, 0.5) is 11.4 Å². The molecule has 0 aliphatic heterocycles. The van der Waals surface area contributed by atoms with Crippen molar-refractivity contribution >= 4 is 21.4 Å². The molecule has 1 aromatic rings. The summed E-state index contributed by atoms with van der Waals surface area (Å²) in [5, 5.41) is 20.8. The van der Waals surface area contributed by atoms with E-state index in [1.807, 2.05) is 0 Å². The summed E-state index contributed by atoms with van der Waals surface area (Å²) in [6, 6.07) is 3.94. The molecule has 0 unspecified atom stereocenters. The summed E-state index contributed by atoms with van der Waals surface area (Å²) in [6.07, 6.45) is 0. The van der Waals surface area contributed by atoms with E-state index in [1.54, 1.807) is 12.1 Å². The van der Waals surface area contributed by atoms with Crippen LogP contribution in [-0.2, 0) is 10.0 Å². The van der Waals surface area contributed by atoms with Gasteiger partial charge in [-0.1, -0.05) is 6.07 Å². The van der Waals surface area contributed by atoms with Crippen LogP contribution in [0.3, 0.4) is 0 Å². The minimum absolute atomic E-state index is 0.0165. The van der Waals surface area contributed by atoms with Gasteiger partial charge in [-0.05, 0) is 12.1 Å². The minimum atomic E-state index is -3.64. The number of para-hydroxylation sites is 1. The molecule has 0 amide bonds. The lowest BCUT2D eigenvalue weighted by molar-refractivity contribution is 0.204. The lowest BCUT2D eigenvalue weighted by Gasteiger charge is -2.19. The fraction of sp³-hybridized carbons (Fsp3) is 0.455. The van der Waals surface area contributed by atoms with Crippen LogP contribution >= 0.6 is 0 Å². The monoisotopic (exact) mass is 289 g/mol. The van der Waals surface area contributed by atoms with Gasteiger partial charge in [-0.3, -0.25) is 0 Å². The third-order valence-electron chi connectivity index (χ3n) is 2.63. The second kappa shape index (κ2) is 6.20. The van der Waals surface area contributed by atoms with Crippen LogP contribution in [0.2, 0.25) is 0 Å². The van der Waals surface area contributed by atoms with Crippen LogP contribution in [0.5, 0.6) is 0 Å². The normalized spacial score (nSPS) is 12.1. The summed E-state index contributed by atoms with van der Waals surface area (Å²) in [4.78, 5) is -0.0165. The molecule has 0 spiro atoms. The molecule has 0 fully saturated rings. The lowest BCUT2D eigenvalue weighted by Crippen LogP contribution is -2.29. The van der Waals surface area contributed by atoms with Gasteiger partial charge >= 0.3 is 0 Å². The number of benzene rings is 1. The highest BCUT2D eigenvalue weighted by Gasteiger charge is 2.22. The van der Waals surface area contributed by atoms with E-state index in [1.165, 1.54) is 20.2 Å². The third kappa shape index (κ3) is 3.35. The molecule has 7 nitrogen and oxygen atoms in total. The number of nitrogens with zero attached hydrogens (tertiary/aromatic N) is 1. The standard InChI is InChI=1S/C11H19N3O4S/c1-14(2)19(17,18)10-5-3-4-9(11(10)12)13-8(6-15)7-16/h3-5,8,13,15-16H,6-7,12H2,1-2H3. The minimum Gasteiger partial charge on any atom is -0.396 e. The fourth-order valence-electron chi connectivity index (χ4n) is 1.46. The third-order valence-corrected chi connectivity index (χ3v) is 4.50. The van der Waals surface area contributed by atoms with Gasteiger partial charge < -0.3 is 21.3 Å². The van der Waals surface area contributed by atoms with Crippen molar-refractivity contribution in [2.45, 2.75) is 10.9 Å². The van der Waals surface area contributed by atoms with E-state index in [2.05, 4.69) is 5.32 Å². The van der Waals surface area contributed by atoms with Crippen LogP contribution in [-0.4, -0.2) is 56.3 Å². The molecule has 0 saturated carbocycles. The smallest absolute Gasteiger partial charge is 0.244 e. The number of rotatable bonds is 6. The quantitative estimate of drug-likeness (QED) is 0.514. The van der Waals surface area contributed by atoms with Gasteiger partial charge in [-0.2, -0.15) is 0 Å². The molecule has 0 aromatic heterocycles. The predicted molar refractivity (Wildman–Crippen MR) is 73.3 cm³/mol. The van der Waals surface area contributed by atoms with Gasteiger partial charge in [-0.25, -0.2) is 12.7 Å². The van der Waals surface area contributed by atoms with E-state index in [4.69, 9.17) is 15.9 Å². The van der Waals surface area contributed by atoms with Gasteiger partial charge in [0.1, 0.15) is 4.90 Å². The molecule has 0 atom stereocenters. The maximum Gasteiger partial charge on any atom is 0.244 e. The van der Waals surface area contributed by atoms with E-state index < -0.39 is 16.1 Å². The number of anilines is 2. The van der Waals surface area contributed by atoms with Crippen LogP contribution in [0.25, 0.3) is 0 Å². The van der Waals surface area contributed by atoms with Crippen LogP contribution in [0.1, 0.15) is 0 Å². The number of nitrogen functional groups attached to an aromatic ring is 1. The highest BCUT2D eigenvalue weighted by molar-refractivity contribution is 7.89. The van der Waals surface area contributed by atoms with Crippen molar-refractivity contribution in [3.8, 4) is 0 Å². The Balaban J connectivity index is 3.19. The Morgan fingerprint density at radius 3 is 2.37 bits per heavy atom. The van der Waals surface area contributed by atoms with Crippen LogP contribution in [0, 0.1) is 0 Å². The number of nitrogens with two attached hydrogens (primary N) is 1. The lowest BCUT2D eigenvalue weighted by atomic mass is 10.2. The molecule has 19 heavy (non-hydrogen) atoms. The van der Waals surface area contributed by atoms with E-state index in [-0.39, 0.29) is 23.8 Å². The summed E-state index contributed by atoms with van der Waals surface area (Å²) in [5.74, 6) is 0. The van der Waals surface area contributed by atoms with E-state index >= 15 is 0 Å². The van der Waals surface area contributed by atoms with Crippen molar-refractivity contribution in [2.75, 3.05) is 38.4 Å². The van der Waals surface area contributed by atoms with E-state index in [0.29, 0.717) is 5.69 Å². The molecule has 0 bridgehead atoms. The molecule has 1 aromatic carbocycles. The zero-order valence-electron chi connectivity index (χ0n) is 10.9. The Labute approximate surface area is 112 Å². The number of nitrogens with one attached hydrogen (secondary N) is 1. The summed E-state index contributed by atoms with van der Waals surface area (Å²) in [5.41, 5.74) is 6.25. The Kier molecular flexibility index (Phi) is 5.12. The van der Waals surface area contributed by atoms with E-state index in [0.717, 1.165) is 4.31 Å². The maximum atomic E-state index is 12.0. The van der Waals surface area contributed by atoms with Gasteiger partial charge in [0.25, 0.3) is 0 Å². The van der Waals surface area contributed by atoms with Gasteiger partial charge in [0.05, 0.1) is 30.6 Å². The fourth-order valence-corrected chi connectivity index (χ4v) is 2.49. The van der Waals surface area contributed by atoms with Crippen LogP contribution in [0.15, 0.2) is 23.1 Å².